The van der Waals surface area contributed by atoms with E-state index >= 15 is 0 Å². The van der Waals surface area contributed by atoms with Gasteiger partial charge in [-0.1, -0.05) is 36.9 Å². The number of thioether (sulfide) groups is 1. The van der Waals surface area contributed by atoms with Gasteiger partial charge in [0.25, 0.3) is 0 Å². The second-order valence-electron chi connectivity index (χ2n) is 7.46. The van der Waals surface area contributed by atoms with Gasteiger partial charge in [-0.25, -0.2) is 4.68 Å². The first-order chi connectivity index (χ1) is 14.8. The standard InChI is InChI=1S/C23H24N6S/c1-2-15-28-22(17-11-13-24-14-12-17)25-26-23(28)30-16-20-19-9-6-10-21(19)29(27-20)18-7-4-3-5-8-18/h3-5,7-8,11-14H,2,6,9-10,15-16H2,1H3. The highest BCUT2D eigenvalue weighted by molar-refractivity contribution is 7.98. The van der Waals surface area contributed by atoms with Crippen LogP contribution in [0.2, 0.25) is 0 Å². The molecule has 0 amide bonds. The van der Waals surface area contributed by atoms with Gasteiger partial charge in [0.1, 0.15) is 0 Å². The number of rotatable bonds is 7. The zero-order valence-corrected chi connectivity index (χ0v) is 17.8. The molecule has 3 heterocycles. The zero-order valence-electron chi connectivity index (χ0n) is 17.0. The van der Waals surface area contributed by atoms with Gasteiger partial charge < -0.3 is 4.57 Å². The smallest absolute Gasteiger partial charge is 0.191 e. The van der Waals surface area contributed by atoms with Gasteiger partial charge >= 0.3 is 0 Å². The number of benzene rings is 1. The van der Waals surface area contributed by atoms with Gasteiger partial charge in [-0.3, -0.25) is 4.98 Å². The van der Waals surface area contributed by atoms with Crippen LogP contribution in [0.1, 0.15) is 36.7 Å². The Balaban J connectivity index is 1.43. The molecule has 0 atom stereocenters. The molecule has 5 rings (SSSR count). The summed E-state index contributed by atoms with van der Waals surface area (Å²) in [6.45, 7) is 3.07. The molecule has 0 aliphatic heterocycles. The Morgan fingerprint density at radius 3 is 2.63 bits per heavy atom. The number of para-hydroxylation sites is 1. The number of aromatic nitrogens is 6. The van der Waals surface area contributed by atoms with Crippen molar-refractivity contribution < 1.29 is 0 Å². The number of hydrogen-bond acceptors (Lipinski definition) is 5. The maximum Gasteiger partial charge on any atom is 0.191 e. The predicted octanol–water partition coefficient (Wildman–Crippen LogP) is 4.72. The summed E-state index contributed by atoms with van der Waals surface area (Å²) in [7, 11) is 0. The van der Waals surface area contributed by atoms with Crippen molar-refractivity contribution in [3.63, 3.8) is 0 Å². The molecule has 0 saturated carbocycles. The number of fused-ring (bicyclic) bond motifs is 1. The molecule has 3 aromatic heterocycles. The van der Waals surface area contributed by atoms with Crippen LogP contribution >= 0.6 is 11.8 Å². The second-order valence-corrected chi connectivity index (χ2v) is 8.40. The first kappa shape index (κ1) is 19.1. The Hall–Kier alpha value is -2.93. The van der Waals surface area contributed by atoms with Crippen LogP contribution in [0.15, 0.2) is 60.0 Å². The molecule has 0 unspecified atom stereocenters. The minimum Gasteiger partial charge on any atom is -0.302 e. The van der Waals surface area contributed by atoms with E-state index in [1.54, 1.807) is 24.2 Å². The van der Waals surface area contributed by atoms with Crippen LogP contribution in [-0.4, -0.2) is 29.5 Å². The van der Waals surface area contributed by atoms with Crippen molar-refractivity contribution in [2.75, 3.05) is 0 Å². The van der Waals surface area contributed by atoms with E-state index in [0.717, 1.165) is 53.8 Å². The summed E-state index contributed by atoms with van der Waals surface area (Å²) in [5.74, 6) is 1.71. The van der Waals surface area contributed by atoms with Crippen LogP contribution in [0.5, 0.6) is 0 Å². The molecule has 0 saturated heterocycles. The fourth-order valence-electron chi connectivity index (χ4n) is 4.08. The lowest BCUT2D eigenvalue weighted by Gasteiger charge is -2.08. The minimum absolute atomic E-state index is 0.806. The molecular formula is C23H24N6S. The van der Waals surface area contributed by atoms with Crippen LogP contribution < -0.4 is 0 Å². The van der Waals surface area contributed by atoms with E-state index in [4.69, 9.17) is 5.10 Å². The van der Waals surface area contributed by atoms with E-state index in [2.05, 4.69) is 55.6 Å². The van der Waals surface area contributed by atoms with Crippen molar-refractivity contribution in [2.24, 2.45) is 0 Å². The van der Waals surface area contributed by atoms with E-state index < -0.39 is 0 Å². The van der Waals surface area contributed by atoms with Gasteiger partial charge in [0.2, 0.25) is 0 Å². The Morgan fingerprint density at radius 1 is 1.00 bits per heavy atom. The van der Waals surface area contributed by atoms with Crippen molar-refractivity contribution in [1.82, 2.24) is 29.5 Å². The van der Waals surface area contributed by atoms with Crippen LogP contribution in [0.4, 0.5) is 0 Å². The average molecular weight is 417 g/mol. The van der Waals surface area contributed by atoms with Crippen molar-refractivity contribution in [3.05, 3.63) is 71.8 Å². The van der Waals surface area contributed by atoms with Gasteiger partial charge in [0.15, 0.2) is 11.0 Å². The zero-order chi connectivity index (χ0) is 20.3. The van der Waals surface area contributed by atoms with Gasteiger partial charge in [0, 0.05) is 35.9 Å². The molecule has 7 heteroatoms. The third kappa shape index (κ3) is 3.54. The molecule has 0 radical (unpaired) electrons. The maximum atomic E-state index is 4.99. The van der Waals surface area contributed by atoms with E-state index in [0.29, 0.717) is 0 Å². The molecule has 4 aromatic rings. The molecule has 0 N–H and O–H groups in total. The summed E-state index contributed by atoms with van der Waals surface area (Å²) >= 11 is 1.73. The predicted molar refractivity (Wildman–Crippen MR) is 119 cm³/mol. The van der Waals surface area contributed by atoms with E-state index in [-0.39, 0.29) is 0 Å². The van der Waals surface area contributed by atoms with Gasteiger partial charge in [-0.15, -0.1) is 10.2 Å². The first-order valence-electron chi connectivity index (χ1n) is 10.5. The largest absolute Gasteiger partial charge is 0.302 e. The quantitative estimate of drug-likeness (QED) is 0.408. The van der Waals surface area contributed by atoms with E-state index in [9.17, 15) is 0 Å². The van der Waals surface area contributed by atoms with Gasteiger partial charge in [-0.05, 0) is 55.5 Å². The molecule has 1 aromatic carbocycles. The normalized spacial score (nSPS) is 13.0. The third-order valence-electron chi connectivity index (χ3n) is 5.45. The lowest BCUT2D eigenvalue weighted by molar-refractivity contribution is 0.626. The molecule has 30 heavy (non-hydrogen) atoms. The van der Waals surface area contributed by atoms with Crippen LogP contribution in [0, 0.1) is 0 Å². The van der Waals surface area contributed by atoms with Crippen LogP contribution in [-0.2, 0) is 25.1 Å². The Kier molecular flexibility index (Phi) is 5.36. The molecular weight excluding hydrogens is 392 g/mol. The highest BCUT2D eigenvalue weighted by Gasteiger charge is 2.24. The van der Waals surface area contributed by atoms with Crippen molar-refractivity contribution in [3.8, 4) is 17.1 Å². The monoisotopic (exact) mass is 416 g/mol. The molecule has 0 bridgehead atoms. The van der Waals surface area contributed by atoms with E-state index in [1.807, 2.05) is 18.2 Å². The lowest BCUT2D eigenvalue weighted by Crippen LogP contribution is -2.03. The molecule has 0 spiro atoms. The Morgan fingerprint density at radius 2 is 1.83 bits per heavy atom. The Labute approximate surface area is 180 Å². The highest BCUT2D eigenvalue weighted by atomic mass is 32.2. The molecule has 6 nitrogen and oxygen atoms in total. The van der Waals surface area contributed by atoms with Crippen molar-refractivity contribution in [2.45, 2.75) is 50.1 Å². The van der Waals surface area contributed by atoms with Gasteiger partial charge in [0.05, 0.1) is 11.4 Å². The molecule has 152 valence electrons. The van der Waals surface area contributed by atoms with Crippen LogP contribution in [0.25, 0.3) is 17.1 Å². The SMILES string of the molecule is CCCn1c(SCc2nn(-c3ccccc3)c3c2CCC3)nnc1-c1ccncc1. The minimum atomic E-state index is 0.806. The summed E-state index contributed by atoms with van der Waals surface area (Å²) in [5, 5.41) is 14.9. The number of pyridine rings is 1. The molecule has 1 aliphatic carbocycles. The summed E-state index contributed by atoms with van der Waals surface area (Å²) in [4.78, 5) is 4.12. The fourth-order valence-corrected chi connectivity index (χ4v) is 5.01. The highest BCUT2D eigenvalue weighted by Crippen LogP contribution is 2.32. The van der Waals surface area contributed by atoms with Gasteiger partial charge in [-0.2, -0.15) is 5.10 Å². The van der Waals surface area contributed by atoms with Crippen LogP contribution in [0.3, 0.4) is 0 Å². The topological polar surface area (TPSA) is 61.4 Å². The molecule has 1 aliphatic rings. The summed E-state index contributed by atoms with van der Waals surface area (Å²) in [6.07, 6.45) is 8.04. The molecule has 0 fully saturated rings. The van der Waals surface area contributed by atoms with Crippen molar-refractivity contribution in [1.29, 1.82) is 0 Å². The van der Waals surface area contributed by atoms with Crippen molar-refractivity contribution >= 4 is 11.8 Å². The number of hydrogen-bond donors (Lipinski definition) is 0. The second kappa shape index (κ2) is 8.44. The summed E-state index contributed by atoms with van der Waals surface area (Å²) in [5.41, 5.74) is 6.15. The third-order valence-corrected chi connectivity index (χ3v) is 6.43. The maximum absolute atomic E-state index is 4.99. The number of nitrogens with zero attached hydrogens (tertiary/aromatic N) is 6. The Bertz CT molecular complexity index is 1130. The average Bonchev–Trinajstić information content (AvgIpc) is 3.50. The summed E-state index contributed by atoms with van der Waals surface area (Å²) < 4.78 is 4.35. The summed E-state index contributed by atoms with van der Waals surface area (Å²) in [6, 6.07) is 14.4. The first-order valence-corrected chi connectivity index (χ1v) is 11.4. The van der Waals surface area contributed by atoms with E-state index in [1.165, 1.54) is 23.4 Å². The fraction of sp³-hybridized carbons (Fsp3) is 0.304. The lowest BCUT2D eigenvalue weighted by atomic mass is 10.2.